The maximum atomic E-state index is 13.4. The minimum Gasteiger partial charge on any atom is -0.493 e. The summed E-state index contributed by atoms with van der Waals surface area (Å²) in [6, 6.07) is 19.4. The number of hydrogen-bond acceptors (Lipinski definition) is 6. The van der Waals surface area contributed by atoms with E-state index in [4.69, 9.17) is 21.1 Å². The van der Waals surface area contributed by atoms with Crippen LogP contribution in [0.4, 0.5) is 5.69 Å². The van der Waals surface area contributed by atoms with Crippen LogP contribution in [0.15, 0.2) is 82.8 Å². The highest BCUT2D eigenvalue weighted by molar-refractivity contribution is 7.92. The van der Waals surface area contributed by atoms with Crippen molar-refractivity contribution in [3.8, 4) is 11.5 Å². The molecule has 0 radical (unpaired) electrons. The zero-order valence-corrected chi connectivity index (χ0v) is 21.1. The summed E-state index contributed by atoms with van der Waals surface area (Å²) in [6.07, 6.45) is 0.513. The van der Waals surface area contributed by atoms with Crippen LogP contribution in [-0.2, 0) is 14.8 Å². The van der Waals surface area contributed by atoms with Crippen molar-refractivity contribution in [1.29, 1.82) is 0 Å². The fraction of sp³-hybridized carbons (Fsp3) is 0.200. The van der Waals surface area contributed by atoms with E-state index in [2.05, 4.69) is 10.5 Å². The van der Waals surface area contributed by atoms with Crippen molar-refractivity contribution in [2.45, 2.75) is 18.2 Å². The first-order valence-electron chi connectivity index (χ1n) is 10.7. The Morgan fingerprint density at radius 2 is 1.63 bits per heavy atom. The number of hydrogen-bond donors (Lipinski definition) is 1. The second kappa shape index (κ2) is 11.7. The number of hydrazone groups is 1. The van der Waals surface area contributed by atoms with Crippen LogP contribution in [-0.4, -0.2) is 40.8 Å². The van der Waals surface area contributed by atoms with Crippen molar-refractivity contribution in [2.24, 2.45) is 5.10 Å². The first kappa shape index (κ1) is 26.1. The van der Waals surface area contributed by atoms with Crippen molar-refractivity contribution < 1.29 is 22.7 Å². The van der Waals surface area contributed by atoms with E-state index >= 15 is 0 Å². The number of halogens is 1. The third-order valence-corrected chi connectivity index (χ3v) is 7.14. The molecule has 0 fully saturated rings. The van der Waals surface area contributed by atoms with Crippen LogP contribution >= 0.6 is 11.6 Å². The number of methoxy groups -OCH3 is 2. The minimum atomic E-state index is -4.02. The van der Waals surface area contributed by atoms with E-state index in [1.54, 1.807) is 67.8 Å². The lowest BCUT2D eigenvalue weighted by molar-refractivity contribution is -0.119. The molecule has 0 saturated carbocycles. The molecule has 3 aromatic rings. The fourth-order valence-corrected chi connectivity index (χ4v) is 4.87. The first-order valence-corrected chi connectivity index (χ1v) is 12.5. The molecule has 0 aliphatic carbocycles. The van der Waals surface area contributed by atoms with E-state index in [9.17, 15) is 13.2 Å². The maximum absolute atomic E-state index is 13.4. The molecule has 0 bridgehead atoms. The van der Waals surface area contributed by atoms with Crippen LogP contribution in [0.3, 0.4) is 0 Å². The van der Waals surface area contributed by atoms with Gasteiger partial charge in [0, 0.05) is 10.6 Å². The summed E-state index contributed by atoms with van der Waals surface area (Å²) in [6.45, 7) is 1.41. The molecule has 3 rings (SSSR count). The molecular formula is C25H26ClN3O5S. The van der Waals surface area contributed by atoms with Gasteiger partial charge < -0.3 is 9.47 Å². The zero-order valence-electron chi connectivity index (χ0n) is 19.6. The molecule has 0 aliphatic rings. The number of amides is 1. The molecule has 0 heterocycles. The quantitative estimate of drug-likeness (QED) is 0.317. The van der Waals surface area contributed by atoms with Crippen LogP contribution in [0, 0.1) is 0 Å². The average molecular weight is 516 g/mol. The number of nitrogens with zero attached hydrogens (tertiary/aromatic N) is 2. The molecular weight excluding hydrogens is 490 g/mol. The number of benzene rings is 3. The van der Waals surface area contributed by atoms with E-state index in [1.165, 1.54) is 19.2 Å². The summed E-state index contributed by atoms with van der Waals surface area (Å²) in [5.74, 6) is 0.492. The van der Waals surface area contributed by atoms with Crippen LogP contribution in [0.25, 0.3) is 0 Å². The Hall–Kier alpha value is -3.56. The predicted molar refractivity (Wildman–Crippen MR) is 137 cm³/mol. The van der Waals surface area contributed by atoms with Crippen LogP contribution < -0.4 is 19.2 Å². The van der Waals surface area contributed by atoms with E-state index in [0.29, 0.717) is 34.3 Å². The van der Waals surface area contributed by atoms with Gasteiger partial charge in [0.15, 0.2) is 11.5 Å². The number of sulfonamides is 1. The molecule has 3 aromatic carbocycles. The van der Waals surface area contributed by atoms with Crippen molar-refractivity contribution in [3.63, 3.8) is 0 Å². The van der Waals surface area contributed by atoms with Crippen LogP contribution in [0.5, 0.6) is 11.5 Å². The topological polar surface area (TPSA) is 97.3 Å². The number of anilines is 1. The molecule has 0 unspecified atom stereocenters. The standard InChI is InChI=1S/C25H26ClN3O5S/c1-4-22(18-10-15-23(33-2)24(16-18)34-3)27-28-25(30)17-29(20-13-11-19(26)12-14-20)35(31,32)21-8-6-5-7-9-21/h5-16H,4,17H2,1-3H3,(H,28,30)/b27-22-. The van der Waals surface area contributed by atoms with Gasteiger partial charge in [-0.05, 0) is 61.0 Å². The Morgan fingerprint density at radius 3 is 2.23 bits per heavy atom. The molecule has 0 aromatic heterocycles. The van der Waals surface area contributed by atoms with Crippen molar-refractivity contribution in [3.05, 3.63) is 83.4 Å². The summed E-state index contributed by atoms with van der Waals surface area (Å²) >= 11 is 5.97. The molecule has 184 valence electrons. The largest absolute Gasteiger partial charge is 0.493 e. The van der Waals surface area contributed by atoms with Crippen molar-refractivity contribution in [1.82, 2.24) is 5.43 Å². The average Bonchev–Trinajstić information content (AvgIpc) is 2.88. The zero-order chi connectivity index (χ0) is 25.4. The Bertz CT molecular complexity index is 1300. The SMILES string of the molecule is CC/C(=N/NC(=O)CN(c1ccc(Cl)cc1)S(=O)(=O)c1ccccc1)c1ccc(OC)c(OC)c1. The minimum absolute atomic E-state index is 0.0610. The lowest BCUT2D eigenvalue weighted by Gasteiger charge is -2.23. The number of ether oxygens (including phenoxy) is 2. The summed E-state index contributed by atoms with van der Waals surface area (Å²) in [5, 5.41) is 4.68. The van der Waals surface area contributed by atoms with Gasteiger partial charge in [0.05, 0.1) is 30.5 Å². The highest BCUT2D eigenvalue weighted by atomic mass is 35.5. The number of rotatable bonds is 10. The molecule has 35 heavy (non-hydrogen) atoms. The molecule has 1 N–H and O–H groups in total. The van der Waals surface area contributed by atoms with Gasteiger partial charge >= 0.3 is 0 Å². The first-order chi connectivity index (χ1) is 16.8. The van der Waals surface area contributed by atoms with E-state index in [-0.39, 0.29) is 4.90 Å². The Balaban J connectivity index is 1.87. The molecule has 0 aliphatic heterocycles. The smallest absolute Gasteiger partial charge is 0.264 e. The highest BCUT2D eigenvalue weighted by Gasteiger charge is 2.27. The van der Waals surface area contributed by atoms with Gasteiger partial charge in [-0.1, -0.05) is 36.7 Å². The normalized spacial score (nSPS) is 11.6. The summed E-state index contributed by atoms with van der Waals surface area (Å²) < 4.78 is 38.3. The predicted octanol–water partition coefficient (Wildman–Crippen LogP) is 4.48. The lowest BCUT2D eigenvalue weighted by Crippen LogP contribution is -2.39. The van der Waals surface area contributed by atoms with E-state index in [0.717, 1.165) is 9.87 Å². The molecule has 10 heteroatoms. The highest BCUT2D eigenvalue weighted by Crippen LogP contribution is 2.28. The van der Waals surface area contributed by atoms with Crippen LogP contribution in [0.1, 0.15) is 18.9 Å². The van der Waals surface area contributed by atoms with Gasteiger partial charge in [-0.2, -0.15) is 5.10 Å². The summed E-state index contributed by atoms with van der Waals surface area (Å²) in [7, 11) is -0.948. The van der Waals surface area contributed by atoms with Gasteiger partial charge in [0.1, 0.15) is 6.54 Å². The van der Waals surface area contributed by atoms with Gasteiger partial charge in [-0.25, -0.2) is 13.8 Å². The second-order valence-electron chi connectivity index (χ2n) is 7.32. The second-order valence-corrected chi connectivity index (χ2v) is 9.62. The molecule has 0 spiro atoms. The molecule has 0 saturated heterocycles. The van der Waals surface area contributed by atoms with Gasteiger partial charge in [-0.15, -0.1) is 0 Å². The van der Waals surface area contributed by atoms with Crippen LogP contribution in [0.2, 0.25) is 5.02 Å². The lowest BCUT2D eigenvalue weighted by atomic mass is 10.1. The third kappa shape index (κ3) is 6.32. The molecule has 8 nitrogen and oxygen atoms in total. The molecule has 1 amide bonds. The van der Waals surface area contributed by atoms with Crippen molar-refractivity contribution >= 4 is 38.9 Å². The number of carbonyl (C=O) groups is 1. The maximum Gasteiger partial charge on any atom is 0.264 e. The Labute approximate surface area is 210 Å². The van der Waals surface area contributed by atoms with Gasteiger partial charge in [-0.3, -0.25) is 9.10 Å². The van der Waals surface area contributed by atoms with Gasteiger partial charge in [0.2, 0.25) is 0 Å². The monoisotopic (exact) mass is 515 g/mol. The number of carbonyl (C=O) groups excluding carboxylic acids is 1. The Kier molecular flexibility index (Phi) is 8.73. The van der Waals surface area contributed by atoms with E-state index < -0.39 is 22.5 Å². The van der Waals surface area contributed by atoms with Crippen molar-refractivity contribution in [2.75, 3.05) is 25.1 Å². The third-order valence-electron chi connectivity index (χ3n) is 5.10. The Morgan fingerprint density at radius 1 is 0.971 bits per heavy atom. The van der Waals surface area contributed by atoms with Gasteiger partial charge in [0.25, 0.3) is 15.9 Å². The fourth-order valence-electron chi connectivity index (χ4n) is 3.30. The summed E-state index contributed by atoms with van der Waals surface area (Å²) in [5.41, 5.74) is 4.10. The summed E-state index contributed by atoms with van der Waals surface area (Å²) in [4.78, 5) is 12.9. The number of nitrogens with one attached hydrogen (secondary N) is 1. The molecule has 0 atom stereocenters. The van der Waals surface area contributed by atoms with E-state index in [1.807, 2.05) is 6.92 Å².